The Labute approximate surface area is 134 Å². The van der Waals surface area contributed by atoms with E-state index in [0.29, 0.717) is 18.8 Å². The number of carbonyl (C=O) groups excluding carboxylic acids is 1. The fraction of sp³-hybridized carbons (Fsp3) is 0.176. The molecule has 6 heteroatoms. The Morgan fingerprint density at radius 2 is 2.00 bits per heavy atom. The number of amides is 1. The van der Waals surface area contributed by atoms with E-state index in [4.69, 9.17) is 0 Å². The fourth-order valence-electron chi connectivity index (χ4n) is 2.41. The molecule has 0 radical (unpaired) electrons. The van der Waals surface area contributed by atoms with E-state index in [-0.39, 0.29) is 5.91 Å². The summed E-state index contributed by atoms with van der Waals surface area (Å²) in [7, 11) is 0. The van der Waals surface area contributed by atoms with Crippen LogP contribution in [0.4, 0.5) is 0 Å². The number of carbonyl (C=O) groups is 1. The topological polar surface area (TPSA) is 74.8 Å². The molecule has 3 rings (SSSR count). The molecule has 1 amide bonds. The Morgan fingerprint density at radius 3 is 2.70 bits per heavy atom. The average molecular weight is 307 g/mol. The molecule has 1 N–H and O–H groups in total. The van der Waals surface area contributed by atoms with Crippen molar-refractivity contribution in [3.05, 3.63) is 66.2 Å². The molecule has 0 aliphatic carbocycles. The highest BCUT2D eigenvalue weighted by Gasteiger charge is 2.17. The number of rotatable bonds is 5. The fourth-order valence-corrected chi connectivity index (χ4v) is 2.41. The van der Waals surface area contributed by atoms with Gasteiger partial charge in [-0.3, -0.25) is 9.78 Å². The number of aromatic nitrogens is 4. The molecule has 6 nitrogen and oxygen atoms in total. The molecule has 0 fully saturated rings. The van der Waals surface area contributed by atoms with E-state index < -0.39 is 0 Å². The van der Waals surface area contributed by atoms with Gasteiger partial charge < -0.3 is 4.90 Å². The van der Waals surface area contributed by atoms with Crippen molar-refractivity contribution >= 4 is 5.91 Å². The van der Waals surface area contributed by atoms with Gasteiger partial charge in [-0.25, -0.2) is 0 Å². The van der Waals surface area contributed by atoms with Crippen LogP contribution >= 0.6 is 0 Å². The van der Waals surface area contributed by atoms with Crippen molar-refractivity contribution < 1.29 is 4.79 Å². The summed E-state index contributed by atoms with van der Waals surface area (Å²) >= 11 is 0. The minimum absolute atomic E-state index is 0.129. The predicted octanol–water partition coefficient (Wildman–Crippen LogP) is 2.53. The standard InChI is InChI=1S/C17H17N5O/c1-2-22(17(23)16-11-19-21-20-16)12-13-4-3-5-15(10-13)14-6-8-18-9-7-14/h3-11H,2,12H2,1H3,(H,19,20,21). The highest BCUT2D eigenvalue weighted by Crippen LogP contribution is 2.20. The monoisotopic (exact) mass is 307 g/mol. The van der Waals surface area contributed by atoms with Gasteiger partial charge in [0, 0.05) is 25.5 Å². The van der Waals surface area contributed by atoms with Crippen molar-refractivity contribution in [3.8, 4) is 11.1 Å². The normalized spacial score (nSPS) is 10.5. The number of aromatic amines is 1. The van der Waals surface area contributed by atoms with E-state index in [9.17, 15) is 4.79 Å². The molecule has 3 aromatic rings. The molecule has 116 valence electrons. The summed E-state index contributed by atoms with van der Waals surface area (Å²) in [4.78, 5) is 18.2. The Balaban J connectivity index is 1.80. The minimum Gasteiger partial charge on any atom is -0.333 e. The number of benzene rings is 1. The molecular formula is C17H17N5O. The van der Waals surface area contributed by atoms with Crippen LogP contribution < -0.4 is 0 Å². The van der Waals surface area contributed by atoms with Crippen molar-refractivity contribution in [3.63, 3.8) is 0 Å². The lowest BCUT2D eigenvalue weighted by molar-refractivity contribution is 0.0746. The molecule has 2 aromatic heterocycles. The molecule has 0 aliphatic rings. The van der Waals surface area contributed by atoms with Crippen molar-refractivity contribution in [2.24, 2.45) is 0 Å². The molecule has 23 heavy (non-hydrogen) atoms. The van der Waals surface area contributed by atoms with Gasteiger partial charge in [0.25, 0.3) is 5.91 Å². The average Bonchev–Trinajstić information content (AvgIpc) is 3.15. The van der Waals surface area contributed by atoms with Crippen LogP contribution in [0.25, 0.3) is 11.1 Å². The number of pyridine rings is 1. The third-order valence-electron chi connectivity index (χ3n) is 3.62. The zero-order valence-corrected chi connectivity index (χ0v) is 12.8. The summed E-state index contributed by atoms with van der Waals surface area (Å²) in [6.45, 7) is 3.08. The van der Waals surface area contributed by atoms with E-state index in [0.717, 1.165) is 16.7 Å². The van der Waals surface area contributed by atoms with E-state index in [2.05, 4.69) is 32.5 Å². The first-order valence-corrected chi connectivity index (χ1v) is 7.42. The summed E-state index contributed by atoms with van der Waals surface area (Å²) < 4.78 is 0. The quantitative estimate of drug-likeness (QED) is 0.786. The Bertz CT molecular complexity index is 771. The molecule has 0 spiro atoms. The van der Waals surface area contributed by atoms with E-state index in [1.807, 2.05) is 31.2 Å². The Hall–Kier alpha value is -3.02. The second-order valence-electron chi connectivity index (χ2n) is 5.11. The zero-order chi connectivity index (χ0) is 16.1. The summed E-state index contributed by atoms with van der Waals surface area (Å²) in [6, 6.07) is 12.1. The smallest absolute Gasteiger partial charge is 0.276 e. The lowest BCUT2D eigenvalue weighted by Gasteiger charge is -2.20. The Morgan fingerprint density at radius 1 is 1.17 bits per heavy atom. The van der Waals surface area contributed by atoms with Gasteiger partial charge in [-0.05, 0) is 41.8 Å². The van der Waals surface area contributed by atoms with Crippen LogP contribution in [0, 0.1) is 0 Å². The number of hydrogen-bond donors (Lipinski definition) is 1. The maximum absolute atomic E-state index is 12.4. The van der Waals surface area contributed by atoms with Gasteiger partial charge in [-0.2, -0.15) is 15.4 Å². The summed E-state index contributed by atoms with van der Waals surface area (Å²) in [5.41, 5.74) is 3.61. The first-order chi connectivity index (χ1) is 11.3. The van der Waals surface area contributed by atoms with Crippen molar-refractivity contribution in [2.75, 3.05) is 6.54 Å². The molecule has 1 aromatic carbocycles. The second-order valence-corrected chi connectivity index (χ2v) is 5.11. The molecule has 0 bridgehead atoms. The van der Waals surface area contributed by atoms with Crippen LogP contribution in [0.5, 0.6) is 0 Å². The molecular weight excluding hydrogens is 290 g/mol. The van der Waals surface area contributed by atoms with Crippen molar-refractivity contribution in [1.82, 2.24) is 25.3 Å². The van der Waals surface area contributed by atoms with Gasteiger partial charge in [0.05, 0.1) is 6.20 Å². The third kappa shape index (κ3) is 3.42. The second kappa shape index (κ2) is 6.83. The minimum atomic E-state index is -0.129. The summed E-state index contributed by atoms with van der Waals surface area (Å²) in [6.07, 6.45) is 4.99. The predicted molar refractivity (Wildman–Crippen MR) is 86.5 cm³/mol. The number of hydrogen-bond acceptors (Lipinski definition) is 4. The first-order valence-electron chi connectivity index (χ1n) is 7.42. The van der Waals surface area contributed by atoms with E-state index >= 15 is 0 Å². The molecule has 0 aliphatic heterocycles. The van der Waals surface area contributed by atoms with Gasteiger partial charge in [-0.1, -0.05) is 18.2 Å². The molecule has 0 atom stereocenters. The van der Waals surface area contributed by atoms with Crippen molar-refractivity contribution in [2.45, 2.75) is 13.5 Å². The molecule has 0 unspecified atom stereocenters. The molecule has 0 saturated carbocycles. The lowest BCUT2D eigenvalue weighted by Crippen LogP contribution is -2.30. The molecule has 2 heterocycles. The van der Waals surface area contributed by atoms with E-state index in [1.165, 1.54) is 6.20 Å². The van der Waals surface area contributed by atoms with Crippen LogP contribution in [-0.4, -0.2) is 37.7 Å². The SMILES string of the molecule is CCN(Cc1cccc(-c2ccncc2)c1)C(=O)c1cn[nH]n1. The van der Waals surface area contributed by atoms with Crippen LogP contribution in [-0.2, 0) is 6.54 Å². The van der Waals surface area contributed by atoms with E-state index in [1.54, 1.807) is 17.3 Å². The van der Waals surface area contributed by atoms with Gasteiger partial charge in [0.15, 0.2) is 5.69 Å². The highest BCUT2D eigenvalue weighted by atomic mass is 16.2. The number of nitrogens with zero attached hydrogens (tertiary/aromatic N) is 4. The van der Waals surface area contributed by atoms with Gasteiger partial charge in [-0.15, -0.1) is 0 Å². The first kappa shape index (κ1) is 14.9. The zero-order valence-electron chi connectivity index (χ0n) is 12.8. The lowest BCUT2D eigenvalue weighted by atomic mass is 10.0. The maximum atomic E-state index is 12.4. The highest BCUT2D eigenvalue weighted by molar-refractivity contribution is 5.91. The Kier molecular flexibility index (Phi) is 4.42. The number of H-pyrrole nitrogens is 1. The summed E-state index contributed by atoms with van der Waals surface area (Å²) in [5, 5.41) is 10.0. The van der Waals surface area contributed by atoms with Crippen molar-refractivity contribution in [1.29, 1.82) is 0 Å². The maximum Gasteiger partial charge on any atom is 0.276 e. The van der Waals surface area contributed by atoms with Crippen LogP contribution in [0.3, 0.4) is 0 Å². The van der Waals surface area contributed by atoms with Gasteiger partial charge in [0.1, 0.15) is 0 Å². The summed E-state index contributed by atoms with van der Waals surface area (Å²) in [5.74, 6) is -0.129. The van der Waals surface area contributed by atoms with Gasteiger partial charge >= 0.3 is 0 Å². The third-order valence-corrected chi connectivity index (χ3v) is 3.62. The van der Waals surface area contributed by atoms with Gasteiger partial charge in [0.2, 0.25) is 0 Å². The van der Waals surface area contributed by atoms with Crippen LogP contribution in [0.15, 0.2) is 55.0 Å². The van der Waals surface area contributed by atoms with Crippen LogP contribution in [0.1, 0.15) is 23.0 Å². The molecule has 0 saturated heterocycles. The largest absolute Gasteiger partial charge is 0.333 e. The number of nitrogens with one attached hydrogen (secondary N) is 1. The van der Waals surface area contributed by atoms with Crippen LogP contribution in [0.2, 0.25) is 0 Å².